The topological polar surface area (TPSA) is 107 Å². The minimum atomic E-state index is -4.64. The molecule has 2 N–H and O–H groups in total. The number of hydrogen-bond donors (Lipinski definition) is 1. The summed E-state index contributed by atoms with van der Waals surface area (Å²) in [6.07, 6.45) is -0.0672. The first-order valence-corrected chi connectivity index (χ1v) is 8.56. The average molecular weight is 344 g/mol. The van der Waals surface area contributed by atoms with Crippen LogP contribution in [0.3, 0.4) is 0 Å². The quantitative estimate of drug-likeness (QED) is 0.487. The summed E-state index contributed by atoms with van der Waals surface area (Å²) in [4.78, 5) is 24.9. The smallest absolute Gasteiger partial charge is 0.338 e. The predicted octanol–water partition coefficient (Wildman–Crippen LogP) is 1.10. The van der Waals surface area contributed by atoms with Crippen molar-refractivity contribution in [1.29, 1.82) is 0 Å². The van der Waals surface area contributed by atoms with Crippen LogP contribution in [-0.4, -0.2) is 39.2 Å². The van der Waals surface area contributed by atoms with Gasteiger partial charge in [-0.15, -0.1) is 3.89 Å². The third-order valence-corrected chi connectivity index (χ3v) is 4.34. The number of carbonyl (C=O) groups is 2. The van der Waals surface area contributed by atoms with Gasteiger partial charge in [-0.3, -0.25) is 4.79 Å². The van der Waals surface area contributed by atoms with Gasteiger partial charge in [0, 0.05) is 18.9 Å². The zero-order valence-electron chi connectivity index (χ0n) is 12.5. The summed E-state index contributed by atoms with van der Waals surface area (Å²) in [5, 5.41) is 0. The highest BCUT2D eigenvalue weighted by atomic mass is 32.3. The number of nitrogens with zero attached hydrogens (tertiary/aromatic N) is 1. The molecule has 0 saturated carbocycles. The number of esters is 1. The van der Waals surface area contributed by atoms with Crippen LogP contribution in [0.5, 0.6) is 0 Å². The molecule has 0 bridgehead atoms. The molecule has 1 saturated heterocycles. The zero-order chi connectivity index (χ0) is 17.2. The molecule has 1 amide bonds. The zero-order valence-corrected chi connectivity index (χ0v) is 13.3. The van der Waals surface area contributed by atoms with E-state index in [1.54, 1.807) is 6.92 Å². The Morgan fingerprint density at radius 1 is 1.48 bits per heavy atom. The molecular formula is C14H17FN2O5S. The van der Waals surface area contributed by atoms with Crippen LogP contribution in [0.2, 0.25) is 0 Å². The number of nitrogen functional groups attached to an aromatic ring is 1. The SMILES string of the molecule is CCOC(=O)c1ccc(N2CC(CS(=O)(=O)F)CC2=O)c(N)c1. The molecule has 1 aromatic carbocycles. The monoisotopic (exact) mass is 344 g/mol. The number of anilines is 2. The van der Waals surface area contributed by atoms with E-state index in [9.17, 15) is 21.9 Å². The van der Waals surface area contributed by atoms with E-state index in [2.05, 4.69) is 0 Å². The fourth-order valence-corrected chi connectivity index (χ4v) is 3.34. The summed E-state index contributed by atoms with van der Waals surface area (Å²) in [5.74, 6) is -2.19. The van der Waals surface area contributed by atoms with Crippen molar-refractivity contribution in [3.8, 4) is 0 Å². The first kappa shape index (κ1) is 17.2. The molecule has 1 fully saturated rings. The number of ether oxygens (including phenoxy) is 1. The van der Waals surface area contributed by atoms with Gasteiger partial charge in [-0.05, 0) is 25.1 Å². The lowest BCUT2D eigenvalue weighted by atomic mass is 10.1. The normalized spacial score (nSPS) is 18.3. The molecule has 7 nitrogen and oxygen atoms in total. The van der Waals surface area contributed by atoms with E-state index in [1.165, 1.54) is 23.1 Å². The number of benzene rings is 1. The van der Waals surface area contributed by atoms with E-state index in [4.69, 9.17) is 10.5 Å². The van der Waals surface area contributed by atoms with Crippen LogP contribution in [0.25, 0.3) is 0 Å². The Labute approximate surface area is 133 Å². The maximum atomic E-state index is 12.8. The van der Waals surface area contributed by atoms with Crippen molar-refractivity contribution in [2.45, 2.75) is 13.3 Å². The summed E-state index contributed by atoms with van der Waals surface area (Å²) in [6, 6.07) is 4.35. The van der Waals surface area contributed by atoms with Gasteiger partial charge >= 0.3 is 16.2 Å². The average Bonchev–Trinajstić information content (AvgIpc) is 2.77. The highest BCUT2D eigenvalue weighted by Gasteiger charge is 2.34. The standard InChI is InChI=1S/C14H17FN2O5S/c1-2-22-14(19)10-3-4-12(11(16)6-10)17-7-9(5-13(17)18)8-23(15,20)21/h3-4,6,9H,2,5,7-8,16H2,1H3. The molecule has 0 aromatic heterocycles. The molecule has 1 aromatic rings. The van der Waals surface area contributed by atoms with Gasteiger partial charge in [-0.25, -0.2) is 4.79 Å². The van der Waals surface area contributed by atoms with E-state index in [1.807, 2.05) is 0 Å². The third kappa shape index (κ3) is 4.19. The second-order valence-electron chi connectivity index (χ2n) is 5.27. The summed E-state index contributed by atoms with van der Waals surface area (Å²) < 4.78 is 39.0. The lowest BCUT2D eigenvalue weighted by Gasteiger charge is -2.19. The number of carbonyl (C=O) groups excluding carboxylic acids is 2. The van der Waals surface area contributed by atoms with Crippen LogP contribution in [-0.2, 0) is 19.8 Å². The Morgan fingerprint density at radius 2 is 2.17 bits per heavy atom. The van der Waals surface area contributed by atoms with Gasteiger partial charge < -0.3 is 15.4 Å². The summed E-state index contributed by atoms with van der Waals surface area (Å²) in [7, 11) is -4.64. The highest BCUT2D eigenvalue weighted by molar-refractivity contribution is 7.86. The molecule has 1 heterocycles. The van der Waals surface area contributed by atoms with Gasteiger partial charge in [0.15, 0.2) is 0 Å². The molecule has 2 rings (SSSR count). The van der Waals surface area contributed by atoms with Gasteiger partial charge in [-0.1, -0.05) is 0 Å². The fourth-order valence-electron chi connectivity index (χ4n) is 2.55. The van der Waals surface area contributed by atoms with Gasteiger partial charge in [-0.2, -0.15) is 8.42 Å². The van der Waals surface area contributed by atoms with E-state index in [0.717, 1.165) is 0 Å². The molecule has 1 aliphatic rings. The van der Waals surface area contributed by atoms with Crippen LogP contribution >= 0.6 is 0 Å². The van der Waals surface area contributed by atoms with Crippen molar-refractivity contribution in [1.82, 2.24) is 0 Å². The van der Waals surface area contributed by atoms with E-state index >= 15 is 0 Å². The first-order valence-electron chi connectivity index (χ1n) is 7.00. The second-order valence-corrected chi connectivity index (χ2v) is 6.69. The summed E-state index contributed by atoms with van der Waals surface area (Å²) >= 11 is 0. The van der Waals surface area contributed by atoms with Crippen LogP contribution in [0.4, 0.5) is 15.3 Å². The Balaban J connectivity index is 2.19. The Hall–Kier alpha value is -2.16. The minimum Gasteiger partial charge on any atom is -0.462 e. The maximum Gasteiger partial charge on any atom is 0.338 e. The number of rotatable bonds is 5. The molecule has 9 heteroatoms. The Kier molecular flexibility index (Phi) is 4.88. The summed E-state index contributed by atoms with van der Waals surface area (Å²) in [6.45, 7) is 1.97. The van der Waals surface area contributed by atoms with Crippen LogP contribution in [0.1, 0.15) is 23.7 Å². The fraction of sp³-hybridized carbons (Fsp3) is 0.429. The molecule has 23 heavy (non-hydrogen) atoms. The van der Waals surface area contributed by atoms with Crippen molar-refractivity contribution in [2.75, 3.05) is 29.5 Å². The number of hydrogen-bond acceptors (Lipinski definition) is 6. The maximum absolute atomic E-state index is 12.8. The second kappa shape index (κ2) is 6.53. The van der Waals surface area contributed by atoms with Gasteiger partial charge in [0.1, 0.15) is 0 Å². The summed E-state index contributed by atoms with van der Waals surface area (Å²) in [5.41, 5.74) is 6.68. The van der Waals surface area contributed by atoms with Crippen molar-refractivity contribution < 1.29 is 26.6 Å². The molecule has 1 unspecified atom stereocenters. The molecule has 0 radical (unpaired) electrons. The molecule has 1 atom stereocenters. The number of halogens is 1. The van der Waals surface area contributed by atoms with Gasteiger partial charge in [0.05, 0.1) is 29.3 Å². The first-order chi connectivity index (χ1) is 10.7. The van der Waals surface area contributed by atoms with Crippen LogP contribution in [0.15, 0.2) is 18.2 Å². The van der Waals surface area contributed by atoms with Crippen molar-refractivity contribution in [3.05, 3.63) is 23.8 Å². The predicted molar refractivity (Wildman–Crippen MR) is 82.2 cm³/mol. The molecule has 1 aliphatic heterocycles. The Bertz CT molecular complexity index is 735. The number of amides is 1. The lowest BCUT2D eigenvalue weighted by Crippen LogP contribution is -2.26. The van der Waals surface area contributed by atoms with E-state index < -0.39 is 27.9 Å². The molecule has 126 valence electrons. The Morgan fingerprint density at radius 3 is 2.74 bits per heavy atom. The van der Waals surface area contributed by atoms with Crippen molar-refractivity contribution in [3.63, 3.8) is 0 Å². The van der Waals surface area contributed by atoms with Crippen LogP contribution in [0, 0.1) is 5.92 Å². The molecule has 0 aliphatic carbocycles. The van der Waals surface area contributed by atoms with Gasteiger partial charge in [0.25, 0.3) is 0 Å². The van der Waals surface area contributed by atoms with Crippen molar-refractivity contribution in [2.24, 2.45) is 5.92 Å². The third-order valence-electron chi connectivity index (χ3n) is 3.47. The van der Waals surface area contributed by atoms with Gasteiger partial charge in [0.2, 0.25) is 5.91 Å². The highest BCUT2D eigenvalue weighted by Crippen LogP contribution is 2.31. The molecular weight excluding hydrogens is 327 g/mol. The van der Waals surface area contributed by atoms with E-state index in [-0.39, 0.29) is 36.7 Å². The number of nitrogens with two attached hydrogens (primary N) is 1. The molecule has 0 spiro atoms. The van der Waals surface area contributed by atoms with Crippen LogP contribution < -0.4 is 10.6 Å². The largest absolute Gasteiger partial charge is 0.462 e. The van der Waals surface area contributed by atoms with Crippen molar-refractivity contribution >= 4 is 33.5 Å². The van der Waals surface area contributed by atoms with E-state index in [0.29, 0.717) is 5.69 Å². The minimum absolute atomic E-state index is 0.0605. The lowest BCUT2D eigenvalue weighted by molar-refractivity contribution is -0.117.